The molecule has 0 aromatic carbocycles. The van der Waals surface area contributed by atoms with Gasteiger partial charge in [0.2, 0.25) is 0 Å². The average Bonchev–Trinajstić information content (AvgIpc) is 3.00. The summed E-state index contributed by atoms with van der Waals surface area (Å²) >= 11 is 5.81. The highest BCUT2D eigenvalue weighted by Crippen LogP contribution is 2.43. The number of hydrogen-bond acceptors (Lipinski definition) is 3. The SMILES string of the molecule is COC[C@H]1[C@@H](NC(=O)c2cc(Cl)c[nH]2)[C@H]2CCO[C@H]21. The van der Waals surface area contributed by atoms with Crippen molar-refractivity contribution in [3.63, 3.8) is 0 Å². The molecular formula is C13H17ClN2O3. The van der Waals surface area contributed by atoms with Gasteiger partial charge < -0.3 is 19.8 Å². The lowest BCUT2D eigenvalue weighted by molar-refractivity contribution is -0.0810. The van der Waals surface area contributed by atoms with Gasteiger partial charge in [-0.05, 0) is 12.5 Å². The largest absolute Gasteiger partial charge is 0.384 e. The van der Waals surface area contributed by atoms with Gasteiger partial charge in [0.15, 0.2) is 0 Å². The Kier molecular flexibility index (Phi) is 3.52. The van der Waals surface area contributed by atoms with E-state index in [0.29, 0.717) is 23.2 Å². The van der Waals surface area contributed by atoms with Crippen molar-refractivity contribution in [3.8, 4) is 0 Å². The number of amides is 1. The summed E-state index contributed by atoms with van der Waals surface area (Å²) in [5, 5.41) is 3.60. The molecule has 0 radical (unpaired) electrons. The molecule has 1 aliphatic carbocycles. The molecule has 1 aromatic rings. The molecule has 2 fully saturated rings. The number of halogens is 1. The molecule has 2 N–H and O–H groups in total. The highest BCUT2D eigenvalue weighted by atomic mass is 35.5. The Morgan fingerprint density at radius 1 is 1.68 bits per heavy atom. The molecule has 1 amide bonds. The summed E-state index contributed by atoms with van der Waals surface area (Å²) in [5.41, 5.74) is 0.489. The minimum atomic E-state index is -0.122. The predicted molar refractivity (Wildman–Crippen MR) is 70.3 cm³/mol. The van der Waals surface area contributed by atoms with Crippen LogP contribution in [0.25, 0.3) is 0 Å². The van der Waals surface area contributed by atoms with E-state index in [4.69, 9.17) is 21.1 Å². The minimum Gasteiger partial charge on any atom is -0.384 e. The molecule has 3 rings (SSSR count). The summed E-state index contributed by atoms with van der Waals surface area (Å²) in [5.74, 6) is 0.532. The Hall–Kier alpha value is -1.04. The van der Waals surface area contributed by atoms with Crippen LogP contribution >= 0.6 is 11.6 Å². The Balaban J connectivity index is 1.66. The zero-order chi connectivity index (χ0) is 13.4. The molecule has 2 heterocycles. The van der Waals surface area contributed by atoms with Gasteiger partial charge in [0.05, 0.1) is 17.7 Å². The fraction of sp³-hybridized carbons (Fsp3) is 0.615. The maximum absolute atomic E-state index is 12.1. The number of rotatable bonds is 4. The first kappa shape index (κ1) is 13.0. The fourth-order valence-corrected chi connectivity index (χ4v) is 3.33. The number of aromatic amines is 1. The average molecular weight is 285 g/mol. The Bertz CT molecular complexity index is 476. The zero-order valence-corrected chi connectivity index (χ0v) is 11.4. The van der Waals surface area contributed by atoms with E-state index in [1.54, 1.807) is 19.4 Å². The first-order chi connectivity index (χ1) is 9.20. The van der Waals surface area contributed by atoms with Gasteiger partial charge in [-0.3, -0.25) is 4.79 Å². The monoisotopic (exact) mass is 284 g/mol. The van der Waals surface area contributed by atoms with E-state index in [9.17, 15) is 4.79 Å². The third-order valence-corrected chi connectivity index (χ3v) is 4.30. The molecule has 0 unspecified atom stereocenters. The molecule has 1 saturated carbocycles. The van der Waals surface area contributed by atoms with Gasteiger partial charge in [-0.25, -0.2) is 0 Å². The molecule has 4 atom stereocenters. The molecule has 104 valence electrons. The number of ether oxygens (including phenoxy) is 2. The summed E-state index contributed by atoms with van der Waals surface area (Å²) in [6, 6.07) is 1.76. The van der Waals surface area contributed by atoms with Crippen LogP contribution in [-0.2, 0) is 9.47 Å². The first-order valence-corrected chi connectivity index (χ1v) is 6.84. The number of H-pyrrole nitrogens is 1. The van der Waals surface area contributed by atoms with E-state index in [1.165, 1.54) is 0 Å². The molecule has 1 aliphatic heterocycles. The molecule has 1 aromatic heterocycles. The molecule has 2 aliphatic rings. The van der Waals surface area contributed by atoms with Crippen molar-refractivity contribution in [2.24, 2.45) is 11.8 Å². The second-order valence-electron chi connectivity index (χ2n) is 5.14. The molecule has 6 heteroatoms. The normalized spacial score (nSPS) is 32.7. The smallest absolute Gasteiger partial charge is 0.267 e. The molecule has 1 saturated heterocycles. The van der Waals surface area contributed by atoms with Crippen LogP contribution in [0.5, 0.6) is 0 Å². The minimum absolute atomic E-state index is 0.122. The lowest BCUT2D eigenvalue weighted by Crippen LogP contribution is -2.62. The van der Waals surface area contributed by atoms with Gasteiger partial charge in [0.1, 0.15) is 5.69 Å². The third kappa shape index (κ3) is 2.26. The van der Waals surface area contributed by atoms with Gasteiger partial charge in [-0.2, -0.15) is 0 Å². The Morgan fingerprint density at radius 3 is 3.21 bits per heavy atom. The maximum atomic E-state index is 12.1. The summed E-state index contributed by atoms with van der Waals surface area (Å²) in [4.78, 5) is 15.0. The molecule has 5 nitrogen and oxygen atoms in total. The van der Waals surface area contributed by atoms with Crippen LogP contribution in [0.3, 0.4) is 0 Å². The Morgan fingerprint density at radius 2 is 2.53 bits per heavy atom. The number of aromatic nitrogens is 1. The van der Waals surface area contributed by atoms with Gasteiger partial charge in [0.25, 0.3) is 5.91 Å². The first-order valence-electron chi connectivity index (χ1n) is 6.46. The van der Waals surface area contributed by atoms with Crippen molar-refractivity contribution in [2.45, 2.75) is 18.6 Å². The number of carbonyl (C=O) groups excluding carboxylic acids is 1. The maximum Gasteiger partial charge on any atom is 0.267 e. The van der Waals surface area contributed by atoms with Crippen molar-refractivity contribution in [2.75, 3.05) is 20.3 Å². The summed E-state index contributed by atoms with van der Waals surface area (Å²) in [7, 11) is 1.67. The lowest BCUT2D eigenvalue weighted by atomic mass is 9.67. The van der Waals surface area contributed by atoms with Crippen molar-refractivity contribution < 1.29 is 14.3 Å². The summed E-state index contributed by atoms with van der Waals surface area (Å²) in [6.45, 7) is 1.38. The summed E-state index contributed by atoms with van der Waals surface area (Å²) in [6.07, 6.45) is 2.84. The third-order valence-electron chi connectivity index (χ3n) is 4.08. The van der Waals surface area contributed by atoms with E-state index in [1.807, 2.05) is 0 Å². The van der Waals surface area contributed by atoms with E-state index in [2.05, 4.69) is 10.3 Å². The van der Waals surface area contributed by atoms with Crippen molar-refractivity contribution in [1.82, 2.24) is 10.3 Å². The standard InChI is InChI=1S/C13H17ClN2O3/c1-18-6-9-11(8-2-3-19-12(8)9)16-13(17)10-4-7(14)5-15-10/h4-5,8-9,11-12,15H,2-3,6H2,1H3,(H,16,17)/t8-,9+,11+,12-/m1/s1. The van der Waals surface area contributed by atoms with Crippen molar-refractivity contribution >= 4 is 17.5 Å². The zero-order valence-electron chi connectivity index (χ0n) is 10.7. The number of hydrogen-bond donors (Lipinski definition) is 2. The number of carbonyl (C=O) groups is 1. The predicted octanol–water partition coefficient (Wildman–Crippen LogP) is 1.45. The molecule has 0 bridgehead atoms. The number of fused-ring (bicyclic) bond motifs is 1. The van der Waals surface area contributed by atoms with Crippen molar-refractivity contribution in [3.05, 3.63) is 23.0 Å². The van der Waals surface area contributed by atoms with Gasteiger partial charge in [0, 0.05) is 37.8 Å². The summed E-state index contributed by atoms with van der Waals surface area (Å²) < 4.78 is 10.9. The fourth-order valence-electron chi connectivity index (χ4n) is 3.16. The number of nitrogens with one attached hydrogen (secondary N) is 2. The van der Waals surface area contributed by atoms with E-state index >= 15 is 0 Å². The molecular weight excluding hydrogens is 268 g/mol. The van der Waals surface area contributed by atoms with Crippen LogP contribution in [0.15, 0.2) is 12.3 Å². The molecule has 0 spiro atoms. The lowest BCUT2D eigenvalue weighted by Gasteiger charge is -2.47. The topological polar surface area (TPSA) is 63.3 Å². The van der Waals surface area contributed by atoms with Crippen molar-refractivity contribution in [1.29, 1.82) is 0 Å². The van der Waals surface area contributed by atoms with Gasteiger partial charge >= 0.3 is 0 Å². The van der Waals surface area contributed by atoms with E-state index < -0.39 is 0 Å². The Labute approximate surface area is 116 Å². The van der Waals surface area contributed by atoms with Crippen LogP contribution in [0, 0.1) is 11.8 Å². The second-order valence-corrected chi connectivity index (χ2v) is 5.57. The molecule has 19 heavy (non-hydrogen) atoms. The second kappa shape index (κ2) is 5.15. The van der Waals surface area contributed by atoms with E-state index in [0.717, 1.165) is 13.0 Å². The van der Waals surface area contributed by atoms with Gasteiger partial charge in [-0.15, -0.1) is 0 Å². The van der Waals surface area contributed by atoms with Crippen LogP contribution in [0.2, 0.25) is 5.02 Å². The van der Waals surface area contributed by atoms with Crippen LogP contribution < -0.4 is 5.32 Å². The quantitative estimate of drug-likeness (QED) is 0.880. The van der Waals surface area contributed by atoms with E-state index in [-0.39, 0.29) is 24.0 Å². The highest BCUT2D eigenvalue weighted by Gasteiger charge is 2.54. The van der Waals surface area contributed by atoms with Crippen LogP contribution in [0.4, 0.5) is 0 Å². The highest BCUT2D eigenvalue weighted by molar-refractivity contribution is 6.30. The van der Waals surface area contributed by atoms with Crippen LogP contribution in [-0.4, -0.2) is 43.4 Å². The van der Waals surface area contributed by atoms with Gasteiger partial charge in [-0.1, -0.05) is 11.6 Å². The number of methoxy groups -OCH3 is 1. The van der Waals surface area contributed by atoms with Crippen LogP contribution in [0.1, 0.15) is 16.9 Å².